The number of alkyl halides is 3. The number of nitrogens with zero attached hydrogens (tertiary/aromatic N) is 2. The number of nitrogens with one attached hydrogen (secondary N) is 3. The lowest BCUT2D eigenvalue weighted by Crippen LogP contribution is -2.54. The molecule has 280 valence electrons. The molecule has 4 rings (SSSR count). The third-order valence-corrected chi connectivity index (χ3v) is 7.84. The lowest BCUT2D eigenvalue weighted by molar-refractivity contribution is -0.192. The first-order valence-electron chi connectivity index (χ1n) is 16.1. The number of nitrogen functional groups attached to an aromatic ring is 1. The molecule has 1 unspecified atom stereocenters. The maximum absolute atomic E-state index is 14.0. The predicted molar refractivity (Wildman–Crippen MR) is 192 cm³/mol. The number of fused-ring (bicyclic) bond motifs is 1. The van der Waals surface area contributed by atoms with Crippen molar-refractivity contribution < 1.29 is 37.5 Å². The third kappa shape index (κ3) is 13.3. The van der Waals surface area contributed by atoms with E-state index in [1.54, 1.807) is 36.7 Å². The van der Waals surface area contributed by atoms with Crippen LogP contribution >= 0.6 is 0 Å². The Morgan fingerprint density at radius 2 is 1.43 bits per heavy atom. The Balaban J connectivity index is 0.000000980. The molecule has 0 aliphatic carbocycles. The van der Waals surface area contributed by atoms with Gasteiger partial charge in [0.2, 0.25) is 17.7 Å². The first-order valence-corrected chi connectivity index (χ1v) is 16.1. The fourth-order valence-corrected chi connectivity index (χ4v) is 5.14. The fourth-order valence-electron chi connectivity index (χ4n) is 5.14. The minimum absolute atomic E-state index is 0.0545. The lowest BCUT2D eigenvalue weighted by atomic mass is 9.91. The second-order valence-electron chi connectivity index (χ2n) is 11.8. The number of aliphatic carboxylic acids is 1. The number of amides is 3. The molecule has 0 fully saturated rings. The Bertz CT molecular complexity index is 1920. The predicted octanol–water partition coefficient (Wildman–Crippen LogP) is 2.23. The van der Waals surface area contributed by atoms with E-state index in [1.807, 2.05) is 54.6 Å². The minimum Gasteiger partial charge on any atom is -0.475 e. The van der Waals surface area contributed by atoms with Crippen molar-refractivity contribution in [2.45, 2.75) is 49.9 Å². The van der Waals surface area contributed by atoms with Crippen molar-refractivity contribution in [2.24, 2.45) is 27.9 Å². The Hall–Kier alpha value is -6.52. The van der Waals surface area contributed by atoms with Crippen LogP contribution in [0, 0.1) is 5.41 Å². The van der Waals surface area contributed by atoms with Crippen LogP contribution in [0.2, 0.25) is 0 Å². The molecule has 1 aromatic heterocycles. The Morgan fingerprint density at radius 1 is 0.811 bits per heavy atom. The van der Waals surface area contributed by atoms with E-state index in [4.69, 9.17) is 38.2 Å². The summed E-state index contributed by atoms with van der Waals surface area (Å²) in [6, 6.07) is 22.3. The number of aliphatic imine (C=N–C) groups is 1. The maximum atomic E-state index is 14.0. The number of hydrogen-bond acceptors (Lipinski definition) is 7. The summed E-state index contributed by atoms with van der Waals surface area (Å²) >= 11 is 0. The normalized spacial score (nSPS) is 12.6. The van der Waals surface area contributed by atoms with Crippen LogP contribution in [0.15, 0.2) is 96.2 Å². The third-order valence-electron chi connectivity index (χ3n) is 7.84. The van der Waals surface area contributed by atoms with Gasteiger partial charge in [0.25, 0.3) is 0 Å². The number of primary amides is 1. The first-order chi connectivity index (χ1) is 25.0. The molecule has 0 saturated carbocycles. The SMILES string of the molecule is N=C(N)c1ccc(C[C@H](C(=O)N[C@@H](Cc2ccc3ccccc3c2)C(=O)NC(CCCN=C(N)N)C(N)=O)c2cccnc2)cc1.O=C(O)C(F)(F)F. The summed E-state index contributed by atoms with van der Waals surface area (Å²) in [4.78, 5) is 57.1. The largest absolute Gasteiger partial charge is 0.490 e. The van der Waals surface area contributed by atoms with E-state index in [2.05, 4.69) is 20.6 Å². The average Bonchev–Trinajstić information content (AvgIpc) is 3.11. The lowest BCUT2D eigenvalue weighted by Gasteiger charge is -2.25. The van der Waals surface area contributed by atoms with Crippen LogP contribution in [0.25, 0.3) is 10.8 Å². The van der Waals surface area contributed by atoms with Gasteiger partial charge in [-0.2, -0.15) is 13.2 Å². The molecular weight excluding hydrogens is 695 g/mol. The number of carbonyl (C=O) groups is 4. The van der Waals surface area contributed by atoms with Gasteiger partial charge in [-0.25, -0.2) is 4.79 Å². The number of benzene rings is 3. The van der Waals surface area contributed by atoms with E-state index >= 15 is 0 Å². The summed E-state index contributed by atoms with van der Waals surface area (Å²) in [7, 11) is 0. The number of halogens is 3. The molecule has 0 bridgehead atoms. The number of amidine groups is 1. The molecule has 14 nitrogen and oxygen atoms in total. The molecule has 0 saturated heterocycles. The summed E-state index contributed by atoms with van der Waals surface area (Å²) in [6.45, 7) is 0.263. The van der Waals surface area contributed by atoms with Crippen molar-refractivity contribution in [3.8, 4) is 0 Å². The molecule has 12 N–H and O–H groups in total. The first kappa shape index (κ1) is 40.9. The number of pyridine rings is 1. The quantitative estimate of drug-likeness (QED) is 0.0505. The number of rotatable bonds is 15. The standard InChI is InChI=1S/C34H39N9O3.C2HF3O2/c35-30(36)24-13-9-21(10-14-24)18-27(26-7-3-15-40-20-26)32(45)43-29(19-22-11-12-23-5-1-2-6-25(23)17-22)33(46)42-28(31(37)44)8-4-16-41-34(38)39;3-2(4,5)1(6)7/h1-3,5-7,9-15,17,20,27-29H,4,8,16,18-19H2,(H3,35,36)(H2,37,44)(H,42,46)(H,43,45)(H4,38,39,41);(H,6,7)/t27-,28?,29-;/m0./s1. The molecule has 3 amide bonds. The monoisotopic (exact) mass is 735 g/mol. The highest BCUT2D eigenvalue weighted by molar-refractivity contribution is 5.95. The second kappa shape index (κ2) is 19.2. The van der Waals surface area contributed by atoms with Gasteiger partial charge in [-0.1, -0.05) is 72.8 Å². The van der Waals surface area contributed by atoms with Crippen LogP contribution in [0.4, 0.5) is 13.2 Å². The molecule has 3 atom stereocenters. The van der Waals surface area contributed by atoms with Gasteiger partial charge in [0.05, 0.1) is 5.92 Å². The average molecular weight is 736 g/mol. The zero-order valence-corrected chi connectivity index (χ0v) is 28.3. The van der Waals surface area contributed by atoms with Crippen LogP contribution in [0.3, 0.4) is 0 Å². The summed E-state index contributed by atoms with van der Waals surface area (Å²) in [5.74, 6) is -5.24. The second-order valence-corrected chi connectivity index (χ2v) is 11.8. The Morgan fingerprint density at radius 3 is 2.00 bits per heavy atom. The van der Waals surface area contributed by atoms with E-state index in [-0.39, 0.29) is 31.2 Å². The maximum Gasteiger partial charge on any atom is 0.490 e. The van der Waals surface area contributed by atoms with Crippen molar-refractivity contribution in [1.29, 1.82) is 5.41 Å². The number of nitrogens with two attached hydrogens (primary N) is 4. The summed E-state index contributed by atoms with van der Waals surface area (Å²) in [5, 5.41) is 22.5. The number of guanidine groups is 1. The van der Waals surface area contributed by atoms with E-state index < -0.39 is 47.9 Å². The number of carboxylic acid groups (broad SMARTS) is 1. The molecule has 0 aliphatic heterocycles. The molecule has 0 spiro atoms. The van der Waals surface area contributed by atoms with E-state index in [0.29, 0.717) is 24.0 Å². The van der Waals surface area contributed by atoms with Crippen molar-refractivity contribution in [1.82, 2.24) is 15.6 Å². The highest BCUT2D eigenvalue weighted by Crippen LogP contribution is 2.23. The van der Waals surface area contributed by atoms with Gasteiger partial charge in [-0.3, -0.25) is 29.8 Å². The zero-order valence-electron chi connectivity index (χ0n) is 28.3. The number of carboxylic acids is 1. The van der Waals surface area contributed by atoms with Crippen LogP contribution in [0.1, 0.15) is 41.0 Å². The molecule has 4 aromatic rings. The topological polar surface area (TPSA) is 266 Å². The van der Waals surface area contributed by atoms with Gasteiger partial charge >= 0.3 is 12.1 Å². The van der Waals surface area contributed by atoms with E-state index in [1.165, 1.54) is 0 Å². The minimum atomic E-state index is -5.08. The van der Waals surface area contributed by atoms with Gasteiger partial charge in [-0.05, 0) is 52.8 Å². The van der Waals surface area contributed by atoms with Gasteiger partial charge in [0.1, 0.15) is 17.9 Å². The highest BCUT2D eigenvalue weighted by atomic mass is 19.4. The molecule has 0 aliphatic rings. The van der Waals surface area contributed by atoms with Crippen LogP contribution in [0.5, 0.6) is 0 Å². The molecular formula is C36H40F3N9O5. The Kier molecular flexibility index (Phi) is 14.8. The van der Waals surface area contributed by atoms with Gasteiger partial charge in [-0.15, -0.1) is 0 Å². The van der Waals surface area contributed by atoms with Crippen molar-refractivity contribution in [2.75, 3.05) is 6.54 Å². The van der Waals surface area contributed by atoms with Crippen LogP contribution in [-0.4, -0.2) is 70.4 Å². The fraction of sp³-hybridized carbons (Fsp3) is 0.250. The van der Waals surface area contributed by atoms with E-state index in [9.17, 15) is 27.6 Å². The zero-order chi connectivity index (χ0) is 39.1. The smallest absolute Gasteiger partial charge is 0.475 e. The van der Waals surface area contributed by atoms with Gasteiger partial charge < -0.3 is 38.7 Å². The van der Waals surface area contributed by atoms with Gasteiger partial charge in [0, 0.05) is 30.9 Å². The number of carbonyl (C=O) groups excluding carboxylic acids is 3. The highest BCUT2D eigenvalue weighted by Gasteiger charge is 2.38. The number of hydrogen-bond donors (Lipinski definition) is 8. The summed E-state index contributed by atoms with van der Waals surface area (Å²) < 4.78 is 31.7. The summed E-state index contributed by atoms with van der Waals surface area (Å²) in [6.07, 6.45) is -0.773. The van der Waals surface area contributed by atoms with E-state index in [0.717, 1.165) is 21.9 Å². The Labute approximate surface area is 302 Å². The molecule has 3 aromatic carbocycles. The van der Waals surface area contributed by atoms with Crippen molar-refractivity contribution in [3.05, 3.63) is 114 Å². The molecule has 1 heterocycles. The molecule has 53 heavy (non-hydrogen) atoms. The van der Waals surface area contributed by atoms with Crippen LogP contribution in [-0.2, 0) is 32.0 Å². The van der Waals surface area contributed by atoms with Crippen molar-refractivity contribution in [3.63, 3.8) is 0 Å². The number of aromatic nitrogens is 1. The van der Waals surface area contributed by atoms with Crippen molar-refractivity contribution >= 4 is 46.3 Å². The van der Waals surface area contributed by atoms with Gasteiger partial charge in [0.15, 0.2) is 5.96 Å². The summed E-state index contributed by atoms with van der Waals surface area (Å²) in [5.41, 5.74) is 24.9. The van der Waals surface area contributed by atoms with Crippen LogP contribution < -0.4 is 33.6 Å². The molecule has 17 heteroatoms. The molecule has 0 radical (unpaired) electrons.